The monoisotopic (exact) mass is 560 g/mol. The molecule has 0 aliphatic carbocycles. The Hall–Kier alpha value is -3.15. The molecule has 5 rings (SSSR count). The normalized spacial score (nSPS) is 16.6. The number of H-pyrrole nitrogens is 1. The highest BCUT2D eigenvalue weighted by atomic mass is 35.5. The van der Waals surface area contributed by atoms with Crippen LogP contribution in [0, 0.1) is 0 Å². The Morgan fingerprint density at radius 2 is 1.97 bits per heavy atom. The van der Waals surface area contributed by atoms with Crippen molar-refractivity contribution in [1.82, 2.24) is 14.3 Å². The Morgan fingerprint density at radius 1 is 1.16 bits per heavy atom. The number of fused-ring (bicyclic) bond motifs is 1. The summed E-state index contributed by atoms with van der Waals surface area (Å²) >= 11 is 12.1. The summed E-state index contributed by atoms with van der Waals surface area (Å²) in [4.78, 5) is 18.7. The molecule has 1 amide bonds. The first-order valence-corrected chi connectivity index (χ1v) is 13.5. The number of nitrogens with two attached hydrogens (primary N) is 1. The van der Waals surface area contributed by atoms with Crippen LogP contribution in [-0.4, -0.2) is 61.0 Å². The molecule has 2 aromatic carbocycles. The molecule has 1 fully saturated rings. The molecule has 2 aromatic heterocycles. The van der Waals surface area contributed by atoms with E-state index in [1.807, 2.05) is 24.3 Å². The van der Waals surface area contributed by atoms with E-state index in [-0.39, 0.29) is 36.9 Å². The standard InChI is InChI=1S/C25H22Cl2N4O5S/c26-17-4-5-21-20(12-17)24(23(30-21)25(28)32)37(33,34)31-8-9-35-19(13-31)14-36-18-3-1-2-15(10-18)16-6-7-29-22(27)11-16/h1-7,10-12,19,30H,8-9,13-14H2,(H2,28,32). The molecule has 1 saturated heterocycles. The third kappa shape index (κ3) is 5.29. The molecule has 1 unspecified atom stereocenters. The van der Waals surface area contributed by atoms with Gasteiger partial charge in [0.25, 0.3) is 5.91 Å². The van der Waals surface area contributed by atoms with Gasteiger partial charge in [-0.2, -0.15) is 4.31 Å². The Kier molecular flexibility index (Phi) is 7.11. The summed E-state index contributed by atoms with van der Waals surface area (Å²) in [6, 6.07) is 15.7. The quantitative estimate of drug-likeness (QED) is 0.327. The lowest BCUT2D eigenvalue weighted by molar-refractivity contribution is -0.0249. The van der Waals surface area contributed by atoms with Gasteiger partial charge >= 0.3 is 0 Å². The second-order valence-corrected chi connectivity index (χ2v) is 11.1. The number of benzene rings is 2. The van der Waals surface area contributed by atoms with Crippen molar-refractivity contribution in [2.75, 3.05) is 26.3 Å². The molecule has 9 nitrogen and oxygen atoms in total. The molecular weight excluding hydrogens is 539 g/mol. The van der Waals surface area contributed by atoms with Crippen molar-refractivity contribution in [3.63, 3.8) is 0 Å². The summed E-state index contributed by atoms with van der Waals surface area (Å²) < 4.78 is 40.4. The zero-order valence-electron chi connectivity index (χ0n) is 19.4. The Labute approximate surface area is 223 Å². The highest BCUT2D eigenvalue weighted by molar-refractivity contribution is 7.89. The van der Waals surface area contributed by atoms with Crippen LogP contribution in [0.1, 0.15) is 10.5 Å². The molecule has 3 N–H and O–H groups in total. The smallest absolute Gasteiger partial charge is 0.266 e. The zero-order valence-corrected chi connectivity index (χ0v) is 21.7. The number of ether oxygens (including phenoxy) is 2. The van der Waals surface area contributed by atoms with Gasteiger partial charge in [0.1, 0.15) is 34.2 Å². The van der Waals surface area contributed by atoms with Gasteiger partial charge in [0.05, 0.1) is 6.61 Å². The van der Waals surface area contributed by atoms with Crippen molar-refractivity contribution in [3.05, 3.63) is 76.7 Å². The fourth-order valence-electron chi connectivity index (χ4n) is 4.26. The van der Waals surface area contributed by atoms with Crippen LogP contribution in [0.25, 0.3) is 22.0 Å². The fraction of sp³-hybridized carbons (Fsp3) is 0.200. The van der Waals surface area contributed by atoms with Gasteiger partial charge in [-0.15, -0.1) is 0 Å². The number of amides is 1. The lowest BCUT2D eigenvalue weighted by Gasteiger charge is -2.32. The SMILES string of the molecule is NC(=O)c1[nH]c2ccc(Cl)cc2c1S(=O)(=O)N1CCOC(COc2cccc(-c3ccnc(Cl)c3)c2)C1. The van der Waals surface area contributed by atoms with Gasteiger partial charge in [0, 0.05) is 35.2 Å². The average Bonchev–Trinajstić information content (AvgIpc) is 3.28. The van der Waals surface area contributed by atoms with Crippen molar-refractivity contribution >= 4 is 50.0 Å². The van der Waals surface area contributed by atoms with Gasteiger partial charge < -0.3 is 20.2 Å². The minimum atomic E-state index is -4.11. The Morgan fingerprint density at radius 3 is 2.76 bits per heavy atom. The third-order valence-corrected chi connectivity index (χ3v) is 8.38. The van der Waals surface area contributed by atoms with E-state index in [4.69, 9.17) is 38.4 Å². The van der Waals surface area contributed by atoms with Crippen molar-refractivity contribution in [3.8, 4) is 16.9 Å². The molecule has 0 spiro atoms. The predicted molar refractivity (Wildman–Crippen MR) is 141 cm³/mol. The minimum absolute atomic E-state index is 0.0351. The number of aromatic amines is 1. The molecule has 1 aliphatic rings. The molecule has 0 bridgehead atoms. The van der Waals surface area contributed by atoms with Crippen LogP contribution >= 0.6 is 23.2 Å². The number of nitrogens with zero attached hydrogens (tertiary/aromatic N) is 2. The first kappa shape index (κ1) is 25.5. The average molecular weight is 561 g/mol. The molecule has 12 heteroatoms. The molecule has 4 aromatic rings. The number of hydrogen-bond donors (Lipinski definition) is 2. The van der Waals surface area contributed by atoms with Crippen molar-refractivity contribution < 1.29 is 22.7 Å². The van der Waals surface area contributed by atoms with Gasteiger partial charge in [-0.3, -0.25) is 4.79 Å². The van der Waals surface area contributed by atoms with Crippen molar-refractivity contribution in [2.45, 2.75) is 11.0 Å². The van der Waals surface area contributed by atoms with Gasteiger partial charge in [-0.05, 0) is 53.6 Å². The molecule has 37 heavy (non-hydrogen) atoms. The van der Waals surface area contributed by atoms with Crippen LogP contribution in [-0.2, 0) is 14.8 Å². The zero-order chi connectivity index (χ0) is 26.2. The number of hydrogen-bond acceptors (Lipinski definition) is 6. The summed E-state index contributed by atoms with van der Waals surface area (Å²) in [6.45, 7) is 0.433. The number of carbonyl (C=O) groups is 1. The summed E-state index contributed by atoms with van der Waals surface area (Å²) in [7, 11) is -4.11. The van der Waals surface area contributed by atoms with E-state index < -0.39 is 22.0 Å². The van der Waals surface area contributed by atoms with Crippen LogP contribution in [0.5, 0.6) is 5.75 Å². The van der Waals surface area contributed by atoms with E-state index in [2.05, 4.69) is 9.97 Å². The molecular formula is C25H22Cl2N4O5S. The number of halogens is 2. The van der Waals surface area contributed by atoms with E-state index in [0.717, 1.165) is 11.1 Å². The lowest BCUT2D eigenvalue weighted by Crippen LogP contribution is -2.47. The highest BCUT2D eigenvalue weighted by Gasteiger charge is 2.36. The second kappa shape index (κ2) is 10.3. The van der Waals surface area contributed by atoms with Crippen LogP contribution in [0.2, 0.25) is 10.2 Å². The molecule has 1 atom stereocenters. The molecule has 0 radical (unpaired) electrons. The van der Waals surface area contributed by atoms with Gasteiger partial charge in [0.2, 0.25) is 10.0 Å². The van der Waals surface area contributed by atoms with E-state index in [1.165, 1.54) is 10.4 Å². The second-order valence-electron chi connectivity index (χ2n) is 8.45. The van der Waals surface area contributed by atoms with Gasteiger partial charge in [-0.1, -0.05) is 35.3 Å². The Balaban J connectivity index is 1.35. The van der Waals surface area contributed by atoms with E-state index in [1.54, 1.807) is 30.5 Å². The largest absolute Gasteiger partial charge is 0.491 e. The van der Waals surface area contributed by atoms with Crippen LogP contribution in [0.4, 0.5) is 0 Å². The number of nitrogens with one attached hydrogen (secondary N) is 1. The number of aromatic nitrogens is 2. The highest BCUT2D eigenvalue weighted by Crippen LogP contribution is 2.32. The third-order valence-electron chi connectivity index (χ3n) is 5.99. The summed E-state index contributed by atoms with van der Waals surface area (Å²) in [5.41, 5.74) is 7.54. The number of carbonyl (C=O) groups excluding carboxylic acids is 1. The fourth-order valence-corrected chi connectivity index (χ4v) is 6.40. The van der Waals surface area contributed by atoms with Gasteiger partial charge in [0.15, 0.2) is 0 Å². The van der Waals surface area contributed by atoms with Crippen LogP contribution in [0.15, 0.2) is 65.7 Å². The number of rotatable bonds is 7. The minimum Gasteiger partial charge on any atom is -0.491 e. The van der Waals surface area contributed by atoms with Crippen molar-refractivity contribution in [1.29, 1.82) is 0 Å². The van der Waals surface area contributed by atoms with E-state index in [9.17, 15) is 13.2 Å². The molecule has 192 valence electrons. The van der Waals surface area contributed by atoms with E-state index >= 15 is 0 Å². The maximum absolute atomic E-state index is 13.7. The molecule has 3 heterocycles. The summed E-state index contributed by atoms with van der Waals surface area (Å²) in [5, 5.41) is 1.02. The topological polar surface area (TPSA) is 128 Å². The maximum Gasteiger partial charge on any atom is 0.266 e. The Bertz CT molecular complexity index is 1590. The number of primary amides is 1. The first-order valence-electron chi connectivity index (χ1n) is 11.3. The van der Waals surface area contributed by atoms with Crippen LogP contribution in [0.3, 0.4) is 0 Å². The number of pyridine rings is 1. The molecule has 1 aliphatic heterocycles. The maximum atomic E-state index is 13.7. The summed E-state index contributed by atoms with van der Waals surface area (Å²) in [6.07, 6.45) is 1.09. The van der Waals surface area contributed by atoms with Crippen molar-refractivity contribution in [2.24, 2.45) is 5.73 Å². The van der Waals surface area contributed by atoms with Crippen LogP contribution < -0.4 is 10.5 Å². The van der Waals surface area contributed by atoms with Gasteiger partial charge in [-0.25, -0.2) is 13.4 Å². The predicted octanol–water partition coefficient (Wildman–Crippen LogP) is 4.10. The summed E-state index contributed by atoms with van der Waals surface area (Å²) in [5.74, 6) is -0.286. The lowest BCUT2D eigenvalue weighted by atomic mass is 10.1. The number of sulfonamides is 1. The number of morpholine rings is 1. The first-order chi connectivity index (χ1) is 17.7. The molecule has 0 saturated carbocycles. The van der Waals surface area contributed by atoms with E-state index in [0.29, 0.717) is 26.8 Å².